The molecule has 2 aliphatic rings. The normalized spacial score (nSPS) is 31.0. The van der Waals surface area contributed by atoms with Crippen molar-refractivity contribution in [2.45, 2.75) is 57.5 Å². The Morgan fingerprint density at radius 1 is 1.11 bits per heavy atom. The van der Waals surface area contributed by atoms with Gasteiger partial charge in [0.05, 0.1) is 0 Å². The van der Waals surface area contributed by atoms with Crippen LogP contribution in [0.3, 0.4) is 0 Å². The van der Waals surface area contributed by atoms with Gasteiger partial charge in [0.15, 0.2) is 5.11 Å². The van der Waals surface area contributed by atoms with E-state index in [0.717, 1.165) is 5.11 Å². The molecule has 0 aromatic heterocycles. The van der Waals surface area contributed by atoms with Crippen LogP contribution >= 0.6 is 12.2 Å². The molecule has 0 amide bonds. The average Bonchev–Trinajstić information content (AvgIpc) is 2.34. The predicted molar refractivity (Wildman–Crippen MR) is 80.8 cm³/mol. The lowest BCUT2D eigenvalue weighted by Gasteiger charge is -2.36. The summed E-state index contributed by atoms with van der Waals surface area (Å²) in [5.74, 6) is 0.676. The fourth-order valence-electron chi connectivity index (χ4n) is 3.21. The van der Waals surface area contributed by atoms with Crippen LogP contribution in [0.2, 0.25) is 0 Å². The fourth-order valence-corrected chi connectivity index (χ4v) is 3.53. The summed E-state index contributed by atoms with van der Waals surface area (Å²) in [5, 5.41) is 7.91. The van der Waals surface area contributed by atoms with Gasteiger partial charge in [0, 0.05) is 18.6 Å². The second-order valence-electron chi connectivity index (χ2n) is 6.09. The highest BCUT2D eigenvalue weighted by Crippen LogP contribution is 2.18. The van der Waals surface area contributed by atoms with Gasteiger partial charge < -0.3 is 15.5 Å². The van der Waals surface area contributed by atoms with Crippen molar-refractivity contribution in [2.75, 3.05) is 20.1 Å². The molecule has 2 fully saturated rings. The van der Waals surface area contributed by atoms with Gasteiger partial charge in [-0.25, -0.2) is 0 Å². The Balaban J connectivity index is 1.73. The molecule has 104 valence electrons. The maximum absolute atomic E-state index is 5.46. The van der Waals surface area contributed by atoms with Gasteiger partial charge in [-0.05, 0) is 51.0 Å². The molecular formula is C14H27N3S. The predicted octanol–water partition coefficient (Wildman–Crippen LogP) is 2.12. The zero-order valence-corrected chi connectivity index (χ0v) is 12.6. The van der Waals surface area contributed by atoms with Crippen molar-refractivity contribution >= 4 is 17.3 Å². The lowest BCUT2D eigenvalue weighted by molar-refractivity contribution is 0.186. The highest BCUT2D eigenvalue weighted by molar-refractivity contribution is 7.80. The summed E-state index contributed by atoms with van der Waals surface area (Å²) in [6, 6.07) is 1.16. The second-order valence-corrected chi connectivity index (χ2v) is 6.50. The monoisotopic (exact) mass is 269 g/mol. The van der Waals surface area contributed by atoms with Crippen molar-refractivity contribution in [2.24, 2.45) is 5.92 Å². The Morgan fingerprint density at radius 3 is 2.50 bits per heavy atom. The Labute approximate surface area is 117 Å². The molecule has 1 aliphatic carbocycles. The van der Waals surface area contributed by atoms with Gasteiger partial charge in [-0.15, -0.1) is 0 Å². The smallest absolute Gasteiger partial charge is 0.166 e. The Kier molecular flexibility index (Phi) is 5.25. The zero-order chi connectivity index (χ0) is 13.0. The molecule has 0 aromatic carbocycles. The van der Waals surface area contributed by atoms with Gasteiger partial charge in [0.1, 0.15) is 0 Å². The van der Waals surface area contributed by atoms with Crippen molar-refractivity contribution in [3.8, 4) is 0 Å². The summed E-state index contributed by atoms with van der Waals surface area (Å²) in [6.07, 6.45) is 7.86. The van der Waals surface area contributed by atoms with Crippen LogP contribution < -0.4 is 10.6 Å². The minimum Gasteiger partial charge on any atom is -0.360 e. The molecule has 2 N–H and O–H groups in total. The van der Waals surface area contributed by atoms with E-state index in [0.29, 0.717) is 18.0 Å². The number of nitrogens with zero attached hydrogens (tertiary/aromatic N) is 1. The summed E-state index contributed by atoms with van der Waals surface area (Å²) in [4.78, 5) is 2.40. The number of hydrogen-bond donors (Lipinski definition) is 2. The molecular weight excluding hydrogens is 242 g/mol. The first kappa shape index (κ1) is 14.1. The van der Waals surface area contributed by atoms with Crippen LogP contribution in [0.15, 0.2) is 0 Å². The second kappa shape index (κ2) is 6.71. The molecule has 0 spiro atoms. The van der Waals surface area contributed by atoms with Crippen LogP contribution in [0.4, 0.5) is 0 Å². The highest BCUT2D eigenvalue weighted by atomic mass is 32.1. The number of thiocarbonyl (C=S) groups is 1. The maximum atomic E-state index is 5.46. The van der Waals surface area contributed by atoms with Crippen molar-refractivity contribution in [1.82, 2.24) is 15.5 Å². The quantitative estimate of drug-likeness (QED) is 0.751. The Morgan fingerprint density at radius 2 is 1.83 bits per heavy atom. The van der Waals surface area contributed by atoms with E-state index in [-0.39, 0.29) is 0 Å². The lowest BCUT2D eigenvalue weighted by atomic mass is 9.94. The number of hydrogen-bond acceptors (Lipinski definition) is 2. The molecule has 18 heavy (non-hydrogen) atoms. The largest absolute Gasteiger partial charge is 0.360 e. The SMILES string of the molecule is CC1CN(C)CCC1NC(=S)NC1CCCCC1. The van der Waals surface area contributed by atoms with Gasteiger partial charge >= 0.3 is 0 Å². The summed E-state index contributed by atoms with van der Waals surface area (Å²) in [6.45, 7) is 4.66. The number of nitrogens with one attached hydrogen (secondary N) is 2. The summed E-state index contributed by atoms with van der Waals surface area (Å²) in [5.41, 5.74) is 0. The van der Waals surface area contributed by atoms with Gasteiger partial charge in [-0.2, -0.15) is 0 Å². The minimum absolute atomic E-state index is 0.546. The van der Waals surface area contributed by atoms with E-state index in [9.17, 15) is 0 Å². The maximum Gasteiger partial charge on any atom is 0.166 e. The lowest BCUT2D eigenvalue weighted by Crippen LogP contribution is -2.53. The van der Waals surface area contributed by atoms with Crippen molar-refractivity contribution < 1.29 is 0 Å². The Hall–Kier alpha value is -0.350. The molecule has 1 heterocycles. The molecule has 4 heteroatoms. The van der Waals surface area contributed by atoms with Crippen LogP contribution in [0.25, 0.3) is 0 Å². The molecule has 2 rings (SSSR count). The van der Waals surface area contributed by atoms with E-state index >= 15 is 0 Å². The summed E-state index contributed by atoms with van der Waals surface area (Å²) in [7, 11) is 2.20. The average molecular weight is 269 g/mol. The van der Waals surface area contributed by atoms with Crippen molar-refractivity contribution in [3.05, 3.63) is 0 Å². The third-order valence-corrected chi connectivity index (χ3v) is 4.60. The van der Waals surface area contributed by atoms with Crippen LogP contribution in [-0.4, -0.2) is 42.2 Å². The van der Waals surface area contributed by atoms with Crippen molar-refractivity contribution in [1.29, 1.82) is 0 Å². The molecule has 1 saturated heterocycles. The third kappa shape index (κ3) is 4.09. The van der Waals surface area contributed by atoms with Crippen molar-refractivity contribution in [3.63, 3.8) is 0 Å². The Bertz CT molecular complexity index is 276. The molecule has 2 atom stereocenters. The molecule has 1 aliphatic heterocycles. The molecule has 0 radical (unpaired) electrons. The highest BCUT2D eigenvalue weighted by Gasteiger charge is 2.25. The molecule has 1 saturated carbocycles. The number of likely N-dealkylation sites (tertiary alicyclic amines) is 1. The van der Waals surface area contributed by atoms with Crippen LogP contribution in [0, 0.1) is 5.92 Å². The van der Waals surface area contributed by atoms with E-state index < -0.39 is 0 Å². The van der Waals surface area contributed by atoms with Gasteiger partial charge in [-0.3, -0.25) is 0 Å². The van der Waals surface area contributed by atoms with Gasteiger partial charge in [0.25, 0.3) is 0 Å². The first-order chi connectivity index (χ1) is 8.65. The van der Waals surface area contributed by atoms with Gasteiger partial charge in [0.2, 0.25) is 0 Å². The van der Waals surface area contributed by atoms with Gasteiger partial charge in [-0.1, -0.05) is 26.2 Å². The van der Waals surface area contributed by atoms with E-state index in [4.69, 9.17) is 12.2 Å². The minimum atomic E-state index is 0.546. The van der Waals surface area contributed by atoms with E-state index in [1.165, 1.54) is 51.6 Å². The number of rotatable bonds is 2. The molecule has 0 bridgehead atoms. The van der Waals surface area contributed by atoms with E-state index in [1.807, 2.05) is 0 Å². The zero-order valence-electron chi connectivity index (χ0n) is 11.7. The molecule has 3 nitrogen and oxygen atoms in total. The molecule has 2 unspecified atom stereocenters. The summed E-state index contributed by atoms with van der Waals surface area (Å²) < 4.78 is 0. The number of piperidine rings is 1. The fraction of sp³-hybridized carbons (Fsp3) is 0.929. The first-order valence-electron chi connectivity index (χ1n) is 7.40. The third-order valence-electron chi connectivity index (χ3n) is 4.37. The topological polar surface area (TPSA) is 27.3 Å². The van der Waals surface area contributed by atoms with Crippen LogP contribution in [0.1, 0.15) is 45.4 Å². The van der Waals surface area contributed by atoms with Crippen LogP contribution in [-0.2, 0) is 0 Å². The summed E-state index contributed by atoms with van der Waals surface area (Å²) >= 11 is 5.46. The van der Waals surface area contributed by atoms with E-state index in [2.05, 4.69) is 29.5 Å². The first-order valence-corrected chi connectivity index (χ1v) is 7.81. The van der Waals surface area contributed by atoms with E-state index in [1.54, 1.807) is 0 Å². The van der Waals surface area contributed by atoms with Crippen LogP contribution in [0.5, 0.6) is 0 Å². The standard InChI is InChI=1S/C14H27N3S/c1-11-10-17(2)9-8-13(11)16-14(18)15-12-6-4-3-5-7-12/h11-13H,3-10H2,1-2H3,(H2,15,16,18). The molecule has 0 aromatic rings.